The SMILES string of the molecule is NC(=O)C(N)CNCC1(O)CCCCC1. The molecule has 1 fully saturated rings. The molecule has 1 atom stereocenters. The molecule has 0 heterocycles. The lowest BCUT2D eigenvalue weighted by Crippen LogP contribution is -2.49. The molecule has 1 unspecified atom stereocenters. The predicted molar refractivity (Wildman–Crippen MR) is 58.1 cm³/mol. The van der Waals surface area contributed by atoms with E-state index in [1.54, 1.807) is 0 Å². The Hall–Kier alpha value is -0.650. The van der Waals surface area contributed by atoms with Crippen molar-refractivity contribution in [3.05, 3.63) is 0 Å². The summed E-state index contributed by atoms with van der Waals surface area (Å²) in [6.07, 6.45) is 4.99. The molecule has 0 aromatic rings. The number of nitrogens with one attached hydrogen (secondary N) is 1. The summed E-state index contributed by atoms with van der Waals surface area (Å²) in [6.45, 7) is 0.825. The highest BCUT2D eigenvalue weighted by atomic mass is 16.3. The zero-order valence-electron chi connectivity index (χ0n) is 9.04. The normalized spacial score (nSPS) is 22.3. The number of aliphatic hydroxyl groups is 1. The third-order valence-corrected chi connectivity index (χ3v) is 2.97. The first-order chi connectivity index (χ1) is 7.03. The van der Waals surface area contributed by atoms with Crippen molar-refractivity contribution in [3.8, 4) is 0 Å². The summed E-state index contributed by atoms with van der Waals surface area (Å²) in [5.41, 5.74) is 9.86. The van der Waals surface area contributed by atoms with Gasteiger partial charge in [-0.05, 0) is 12.8 Å². The van der Waals surface area contributed by atoms with Crippen LogP contribution in [-0.4, -0.2) is 35.7 Å². The third kappa shape index (κ3) is 4.15. The summed E-state index contributed by atoms with van der Waals surface area (Å²) in [4.78, 5) is 10.7. The van der Waals surface area contributed by atoms with E-state index in [4.69, 9.17) is 11.5 Å². The number of primary amides is 1. The Morgan fingerprint density at radius 1 is 1.40 bits per heavy atom. The molecule has 1 saturated carbocycles. The highest BCUT2D eigenvalue weighted by Gasteiger charge is 2.28. The smallest absolute Gasteiger partial charge is 0.235 e. The summed E-state index contributed by atoms with van der Waals surface area (Å²) in [5.74, 6) is -0.516. The maximum absolute atomic E-state index is 10.7. The van der Waals surface area contributed by atoms with Crippen molar-refractivity contribution in [2.24, 2.45) is 11.5 Å². The van der Waals surface area contributed by atoms with Crippen molar-refractivity contribution in [1.29, 1.82) is 0 Å². The molecule has 15 heavy (non-hydrogen) atoms. The second kappa shape index (κ2) is 5.44. The predicted octanol–water partition coefficient (Wildman–Crippen LogP) is -0.916. The van der Waals surface area contributed by atoms with Gasteiger partial charge in [0.2, 0.25) is 5.91 Å². The minimum absolute atomic E-state index is 0.331. The molecule has 1 aliphatic carbocycles. The molecular weight excluding hydrogens is 194 g/mol. The quantitative estimate of drug-likeness (QED) is 0.476. The Balaban J connectivity index is 2.21. The number of hydrogen-bond donors (Lipinski definition) is 4. The van der Waals surface area contributed by atoms with E-state index in [-0.39, 0.29) is 0 Å². The number of nitrogens with two attached hydrogens (primary N) is 2. The molecule has 0 saturated heterocycles. The molecule has 5 heteroatoms. The van der Waals surface area contributed by atoms with E-state index in [1.165, 1.54) is 6.42 Å². The molecule has 0 bridgehead atoms. The molecule has 1 amide bonds. The molecule has 1 aliphatic rings. The van der Waals surface area contributed by atoms with E-state index in [2.05, 4.69) is 5.32 Å². The van der Waals surface area contributed by atoms with Gasteiger partial charge in [0.25, 0.3) is 0 Å². The van der Waals surface area contributed by atoms with Crippen LogP contribution in [0.3, 0.4) is 0 Å². The third-order valence-electron chi connectivity index (χ3n) is 2.97. The summed E-state index contributed by atoms with van der Waals surface area (Å²) in [6, 6.07) is -0.669. The largest absolute Gasteiger partial charge is 0.389 e. The number of carbonyl (C=O) groups excluding carboxylic acids is 1. The van der Waals surface area contributed by atoms with Crippen molar-refractivity contribution >= 4 is 5.91 Å². The first-order valence-corrected chi connectivity index (χ1v) is 5.51. The Morgan fingerprint density at radius 2 is 2.00 bits per heavy atom. The number of rotatable bonds is 5. The lowest BCUT2D eigenvalue weighted by atomic mass is 9.85. The van der Waals surface area contributed by atoms with Gasteiger partial charge in [-0.1, -0.05) is 19.3 Å². The van der Waals surface area contributed by atoms with E-state index in [9.17, 15) is 9.90 Å². The van der Waals surface area contributed by atoms with Gasteiger partial charge in [-0.2, -0.15) is 0 Å². The van der Waals surface area contributed by atoms with Crippen LogP contribution in [0.25, 0.3) is 0 Å². The molecule has 0 spiro atoms. The summed E-state index contributed by atoms with van der Waals surface area (Å²) < 4.78 is 0. The monoisotopic (exact) mass is 215 g/mol. The molecule has 1 rings (SSSR count). The minimum atomic E-state index is -0.669. The molecule has 0 aromatic carbocycles. The zero-order chi connectivity index (χ0) is 11.3. The first kappa shape index (κ1) is 12.4. The van der Waals surface area contributed by atoms with E-state index < -0.39 is 17.6 Å². The van der Waals surface area contributed by atoms with Gasteiger partial charge < -0.3 is 21.9 Å². The highest BCUT2D eigenvalue weighted by molar-refractivity contribution is 5.79. The second-order valence-corrected chi connectivity index (χ2v) is 4.42. The van der Waals surface area contributed by atoms with Gasteiger partial charge in [0.05, 0.1) is 11.6 Å². The van der Waals surface area contributed by atoms with Crippen LogP contribution in [0.15, 0.2) is 0 Å². The lowest BCUT2D eigenvalue weighted by molar-refractivity contribution is -0.119. The van der Waals surface area contributed by atoms with E-state index in [1.807, 2.05) is 0 Å². The minimum Gasteiger partial charge on any atom is -0.389 e. The fraction of sp³-hybridized carbons (Fsp3) is 0.900. The van der Waals surface area contributed by atoms with Gasteiger partial charge in [-0.15, -0.1) is 0 Å². The van der Waals surface area contributed by atoms with Gasteiger partial charge in [0, 0.05) is 13.1 Å². The van der Waals surface area contributed by atoms with Crippen LogP contribution < -0.4 is 16.8 Å². The Labute approximate surface area is 90.2 Å². The molecule has 0 aromatic heterocycles. The molecule has 88 valence electrons. The topological polar surface area (TPSA) is 101 Å². The summed E-state index contributed by atoms with van der Waals surface area (Å²) in [7, 11) is 0. The molecule has 0 aliphatic heterocycles. The lowest BCUT2D eigenvalue weighted by Gasteiger charge is -2.32. The van der Waals surface area contributed by atoms with Crippen molar-refractivity contribution < 1.29 is 9.90 Å². The van der Waals surface area contributed by atoms with Crippen LogP contribution in [0, 0.1) is 0 Å². The van der Waals surface area contributed by atoms with Crippen LogP contribution in [0.1, 0.15) is 32.1 Å². The second-order valence-electron chi connectivity index (χ2n) is 4.42. The van der Waals surface area contributed by atoms with Crippen molar-refractivity contribution in [3.63, 3.8) is 0 Å². The van der Waals surface area contributed by atoms with Crippen LogP contribution in [-0.2, 0) is 4.79 Å². The van der Waals surface area contributed by atoms with Crippen LogP contribution in [0.2, 0.25) is 0 Å². The van der Waals surface area contributed by atoms with E-state index in [0.29, 0.717) is 13.1 Å². The van der Waals surface area contributed by atoms with Crippen LogP contribution in [0.4, 0.5) is 0 Å². The maximum atomic E-state index is 10.7. The zero-order valence-corrected chi connectivity index (χ0v) is 9.04. The fourth-order valence-electron chi connectivity index (χ4n) is 1.95. The van der Waals surface area contributed by atoms with Gasteiger partial charge in [-0.3, -0.25) is 4.79 Å². The highest BCUT2D eigenvalue weighted by Crippen LogP contribution is 2.27. The average molecular weight is 215 g/mol. The van der Waals surface area contributed by atoms with Crippen molar-refractivity contribution in [1.82, 2.24) is 5.32 Å². The van der Waals surface area contributed by atoms with E-state index in [0.717, 1.165) is 25.7 Å². The van der Waals surface area contributed by atoms with Gasteiger partial charge in [0.15, 0.2) is 0 Å². The van der Waals surface area contributed by atoms with Gasteiger partial charge >= 0.3 is 0 Å². The molecule has 6 N–H and O–H groups in total. The van der Waals surface area contributed by atoms with E-state index >= 15 is 0 Å². The standard InChI is InChI=1S/C10H21N3O2/c11-8(9(12)14)6-13-7-10(15)4-2-1-3-5-10/h8,13,15H,1-7,11H2,(H2,12,14). The Bertz CT molecular complexity index is 215. The average Bonchev–Trinajstić information content (AvgIpc) is 2.18. The Kier molecular flexibility index (Phi) is 4.50. The van der Waals surface area contributed by atoms with Gasteiger partial charge in [-0.25, -0.2) is 0 Å². The molecule has 0 radical (unpaired) electrons. The molecule has 5 nitrogen and oxygen atoms in total. The number of amides is 1. The van der Waals surface area contributed by atoms with Crippen LogP contribution in [0.5, 0.6) is 0 Å². The number of carbonyl (C=O) groups is 1. The summed E-state index contributed by atoms with van der Waals surface area (Å²) in [5, 5.41) is 13.1. The van der Waals surface area contributed by atoms with Crippen LogP contribution >= 0.6 is 0 Å². The number of hydrogen-bond acceptors (Lipinski definition) is 4. The van der Waals surface area contributed by atoms with Crippen molar-refractivity contribution in [2.75, 3.05) is 13.1 Å². The Morgan fingerprint density at radius 3 is 2.53 bits per heavy atom. The fourth-order valence-corrected chi connectivity index (χ4v) is 1.95. The summed E-state index contributed by atoms with van der Waals surface area (Å²) >= 11 is 0. The first-order valence-electron chi connectivity index (χ1n) is 5.51. The van der Waals surface area contributed by atoms with Crippen molar-refractivity contribution in [2.45, 2.75) is 43.7 Å². The van der Waals surface area contributed by atoms with Gasteiger partial charge in [0.1, 0.15) is 0 Å². The maximum Gasteiger partial charge on any atom is 0.235 e. The molecular formula is C10H21N3O2.